The smallest absolute Gasteiger partial charge is 0.306 e. The highest BCUT2D eigenvalue weighted by molar-refractivity contribution is 5.70. The monoisotopic (exact) mass is 264 g/mol. The van der Waals surface area contributed by atoms with E-state index < -0.39 is 11.6 Å². The highest BCUT2D eigenvalue weighted by Crippen LogP contribution is 2.31. The first-order valence-electron chi connectivity index (χ1n) is 6.64. The maximum atomic E-state index is 10.9. The molecule has 19 heavy (non-hydrogen) atoms. The first kappa shape index (κ1) is 14.0. The molecule has 1 aliphatic carbocycles. The van der Waals surface area contributed by atoms with Crippen LogP contribution in [0.25, 0.3) is 0 Å². The molecule has 1 heterocycles. The zero-order chi connectivity index (χ0) is 13.7. The lowest BCUT2D eigenvalue weighted by Gasteiger charge is -2.34. The Hall–Kier alpha value is -1.46. The molecule has 0 aromatic carbocycles. The Morgan fingerprint density at radius 3 is 2.58 bits per heavy atom. The van der Waals surface area contributed by atoms with Crippen LogP contribution < -0.4 is 5.32 Å². The van der Waals surface area contributed by atoms with Gasteiger partial charge in [-0.25, -0.2) is 0 Å². The number of carbonyl (C=O) groups is 1. The molecule has 0 aliphatic heterocycles. The molecule has 1 saturated carbocycles. The summed E-state index contributed by atoms with van der Waals surface area (Å²) in [6.07, 6.45) is 5.69. The fourth-order valence-corrected chi connectivity index (χ4v) is 2.52. The number of pyridine rings is 1. The average Bonchev–Trinajstić information content (AvgIpc) is 2.40. The van der Waals surface area contributed by atoms with Crippen LogP contribution in [0.4, 0.5) is 0 Å². The van der Waals surface area contributed by atoms with E-state index in [1.165, 1.54) is 0 Å². The number of hydrogen-bond donors (Lipinski definition) is 3. The van der Waals surface area contributed by atoms with Crippen LogP contribution in [0.1, 0.15) is 31.2 Å². The van der Waals surface area contributed by atoms with Crippen molar-refractivity contribution in [3.05, 3.63) is 30.1 Å². The summed E-state index contributed by atoms with van der Waals surface area (Å²) in [6, 6.07) is 3.86. The van der Waals surface area contributed by atoms with Crippen LogP contribution in [-0.2, 0) is 11.3 Å². The van der Waals surface area contributed by atoms with Crippen LogP contribution in [0.3, 0.4) is 0 Å². The van der Waals surface area contributed by atoms with Crippen molar-refractivity contribution in [2.75, 3.05) is 6.54 Å². The van der Waals surface area contributed by atoms with Crippen molar-refractivity contribution in [1.82, 2.24) is 10.3 Å². The molecule has 0 radical (unpaired) electrons. The predicted octanol–water partition coefficient (Wildman–Crippen LogP) is 1.18. The van der Waals surface area contributed by atoms with Gasteiger partial charge in [0.15, 0.2) is 0 Å². The van der Waals surface area contributed by atoms with E-state index in [9.17, 15) is 9.90 Å². The number of nitrogens with zero attached hydrogens (tertiary/aromatic N) is 1. The summed E-state index contributed by atoms with van der Waals surface area (Å²) in [5.74, 6) is -1.03. The molecule has 0 unspecified atom stereocenters. The summed E-state index contributed by atoms with van der Waals surface area (Å²) in [7, 11) is 0. The third-order valence-corrected chi connectivity index (χ3v) is 3.80. The van der Waals surface area contributed by atoms with Crippen LogP contribution in [0, 0.1) is 5.92 Å². The fourth-order valence-electron chi connectivity index (χ4n) is 2.52. The maximum absolute atomic E-state index is 10.9. The molecule has 3 N–H and O–H groups in total. The van der Waals surface area contributed by atoms with Crippen molar-refractivity contribution in [2.45, 2.75) is 37.8 Å². The first-order valence-corrected chi connectivity index (χ1v) is 6.64. The van der Waals surface area contributed by atoms with Gasteiger partial charge in [-0.1, -0.05) is 0 Å². The minimum absolute atomic E-state index is 0.291. The molecule has 0 atom stereocenters. The van der Waals surface area contributed by atoms with Crippen molar-refractivity contribution in [3.63, 3.8) is 0 Å². The van der Waals surface area contributed by atoms with E-state index in [1.807, 2.05) is 12.1 Å². The van der Waals surface area contributed by atoms with Crippen LogP contribution in [-0.4, -0.2) is 33.3 Å². The van der Waals surface area contributed by atoms with Gasteiger partial charge in [0.25, 0.3) is 0 Å². The van der Waals surface area contributed by atoms with Gasteiger partial charge < -0.3 is 15.5 Å². The Labute approximate surface area is 112 Å². The number of carboxylic acids is 1. The van der Waals surface area contributed by atoms with E-state index in [-0.39, 0.29) is 5.92 Å². The molecule has 1 aromatic heterocycles. The number of nitrogens with one attached hydrogen (secondary N) is 1. The minimum Gasteiger partial charge on any atom is -0.481 e. The molecular formula is C14H20N2O3. The molecule has 5 nitrogen and oxygen atoms in total. The van der Waals surface area contributed by atoms with E-state index in [0.29, 0.717) is 38.8 Å². The SMILES string of the molecule is O=C(O)C1CCC(O)(CNCc2ccncc2)CC1. The zero-order valence-electron chi connectivity index (χ0n) is 10.9. The first-order chi connectivity index (χ1) is 9.09. The predicted molar refractivity (Wildman–Crippen MR) is 70.5 cm³/mol. The van der Waals surface area contributed by atoms with Crippen LogP contribution >= 0.6 is 0 Å². The van der Waals surface area contributed by atoms with Crippen molar-refractivity contribution in [2.24, 2.45) is 5.92 Å². The van der Waals surface area contributed by atoms with Gasteiger partial charge in [-0.15, -0.1) is 0 Å². The lowest BCUT2D eigenvalue weighted by atomic mass is 9.79. The lowest BCUT2D eigenvalue weighted by molar-refractivity contribution is -0.144. The molecule has 1 aliphatic rings. The molecule has 5 heteroatoms. The van der Waals surface area contributed by atoms with Gasteiger partial charge in [-0.05, 0) is 43.4 Å². The Bertz CT molecular complexity index is 414. The third-order valence-electron chi connectivity index (χ3n) is 3.80. The molecule has 0 spiro atoms. The second-order valence-electron chi connectivity index (χ2n) is 5.30. The average molecular weight is 264 g/mol. The van der Waals surface area contributed by atoms with E-state index in [0.717, 1.165) is 5.56 Å². The molecule has 1 aromatic rings. The van der Waals surface area contributed by atoms with E-state index in [2.05, 4.69) is 10.3 Å². The van der Waals surface area contributed by atoms with Gasteiger partial charge >= 0.3 is 5.97 Å². The van der Waals surface area contributed by atoms with Crippen molar-refractivity contribution < 1.29 is 15.0 Å². The molecule has 0 saturated heterocycles. The summed E-state index contributed by atoms with van der Waals surface area (Å²) in [5, 5.41) is 22.5. The van der Waals surface area contributed by atoms with E-state index >= 15 is 0 Å². The molecule has 0 amide bonds. The van der Waals surface area contributed by atoms with Gasteiger partial charge in [0.05, 0.1) is 11.5 Å². The van der Waals surface area contributed by atoms with Crippen LogP contribution in [0.5, 0.6) is 0 Å². The molecular weight excluding hydrogens is 244 g/mol. The molecule has 1 fully saturated rings. The Morgan fingerprint density at radius 1 is 1.37 bits per heavy atom. The Kier molecular flexibility index (Phi) is 4.50. The summed E-state index contributed by atoms with van der Waals surface area (Å²) < 4.78 is 0. The van der Waals surface area contributed by atoms with Crippen LogP contribution in [0.2, 0.25) is 0 Å². The highest BCUT2D eigenvalue weighted by Gasteiger charge is 2.35. The molecule has 2 rings (SSSR count). The van der Waals surface area contributed by atoms with E-state index in [1.54, 1.807) is 12.4 Å². The lowest BCUT2D eigenvalue weighted by Crippen LogP contribution is -2.44. The van der Waals surface area contributed by atoms with Crippen LogP contribution in [0.15, 0.2) is 24.5 Å². The number of aliphatic hydroxyl groups is 1. The summed E-state index contributed by atoms with van der Waals surface area (Å²) in [4.78, 5) is 14.8. The summed E-state index contributed by atoms with van der Waals surface area (Å²) >= 11 is 0. The fraction of sp³-hybridized carbons (Fsp3) is 0.571. The number of carboxylic acid groups (broad SMARTS) is 1. The van der Waals surface area contributed by atoms with Gasteiger partial charge in [-0.3, -0.25) is 9.78 Å². The number of aliphatic carboxylic acids is 1. The third kappa shape index (κ3) is 4.01. The molecule has 0 bridgehead atoms. The highest BCUT2D eigenvalue weighted by atomic mass is 16.4. The van der Waals surface area contributed by atoms with Gasteiger partial charge in [0, 0.05) is 25.5 Å². The van der Waals surface area contributed by atoms with Gasteiger partial charge in [0.1, 0.15) is 0 Å². The van der Waals surface area contributed by atoms with Crippen molar-refractivity contribution in [3.8, 4) is 0 Å². The van der Waals surface area contributed by atoms with Gasteiger partial charge in [-0.2, -0.15) is 0 Å². The zero-order valence-corrected chi connectivity index (χ0v) is 10.9. The Morgan fingerprint density at radius 2 is 2.00 bits per heavy atom. The van der Waals surface area contributed by atoms with E-state index in [4.69, 9.17) is 5.11 Å². The van der Waals surface area contributed by atoms with Gasteiger partial charge in [0.2, 0.25) is 0 Å². The summed E-state index contributed by atoms with van der Waals surface area (Å²) in [6.45, 7) is 1.19. The largest absolute Gasteiger partial charge is 0.481 e. The normalized spacial score (nSPS) is 27.1. The second kappa shape index (κ2) is 6.12. The molecule has 104 valence electrons. The summed E-state index contributed by atoms with van der Waals surface area (Å²) in [5.41, 5.74) is 0.358. The van der Waals surface area contributed by atoms with Crippen molar-refractivity contribution >= 4 is 5.97 Å². The standard InChI is InChI=1S/C14H20N2O3/c17-13(18)12-1-5-14(19,6-2-12)10-16-9-11-3-7-15-8-4-11/h3-4,7-8,12,16,19H,1-2,5-6,9-10H2,(H,17,18). The Balaban J connectivity index is 1.75. The maximum Gasteiger partial charge on any atom is 0.306 e. The number of hydrogen-bond acceptors (Lipinski definition) is 4. The number of rotatable bonds is 5. The number of aromatic nitrogens is 1. The quantitative estimate of drug-likeness (QED) is 0.744. The van der Waals surface area contributed by atoms with Crippen molar-refractivity contribution in [1.29, 1.82) is 0 Å². The second-order valence-corrected chi connectivity index (χ2v) is 5.30. The topological polar surface area (TPSA) is 82.5 Å². The minimum atomic E-state index is -0.765.